The van der Waals surface area contributed by atoms with Gasteiger partial charge in [-0.3, -0.25) is 0 Å². The molecule has 21 heavy (non-hydrogen) atoms. The van der Waals surface area contributed by atoms with Crippen molar-refractivity contribution in [3.05, 3.63) is 57.8 Å². The average Bonchev–Trinajstić information content (AvgIpc) is 2.37. The average molecular weight is 360 g/mol. The van der Waals surface area contributed by atoms with E-state index in [9.17, 15) is 13.2 Å². The molecule has 2 aromatic rings. The van der Waals surface area contributed by atoms with E-state index in [0.29, 0.717) is 16.5 Å². The third kappa shape index (κ3) is 3.98. The van der Waals surface area contributed by atoms with Crippen LogP contribution in [-0.4, -0.2) is 6.04 Å². The molecule has 2 rings (SSSR count). The van der Waals surface area contributed by atoms with Crippen LogP contribution in [-0.2, 0) is 6.42 Å². The van der Waals surface area contributed by atoms with Crippen LogP contribution >= 0.6 is 15.9 Å². The van der Waals surface area contributed by atoms with Crippen LogP contribution in [0.4, 0.5) is 13.2 Å². The largest absolute Gasteiger partial charge is 0.454 e. The van der Waals surface area contributed by atoms with Crippen LogP contribution in [0.2, 0.25) is 0 Å². The molecule has 2 N–H and O–H groups in total. The first-order chi connectivity index (χ1) is 9.86. The third-order valence-electron chi connectivity index (χ3n) is 2.74. The van der Waals surface area contributed by atoms with E-state index >= 15 is 0 Å². The molecule has 0 aliphatic rings. The maximum atomic E-state index is 13.7. The van der Waals surface area contributed by atoms with Gasteiger partial charge in [-0.1, -0.05) is 15.9 Å². The topological polar surface area (TPSA) is 35.2 Å². The highest BCUT2D eigenvalue weighted by Crippen LogP contribution is 2.32. The predicted octanol–water partition coefficient (Wildman–Crippen LogP) is 4.55. The minimum Gasteiger partial charge on any atom is -0.454 e. The molecule has 2 aromatic carbocycles. The molecule has 0 aliphatic carbocycles. The van der Waals surface area contributed by atoms with Crippen LogP contribution in [0.15, 0.2) is 34.8 Å². The van der Waals surface area contributed by atoms with Crippen molar-refractivity contribution < 1.29 is 17.9 Å². The lowest BCUT2D eigenvalue weighted by atomic mass is 10.1. The highest BCUT2D eigenvalue weighted by molar-refractivity contribution is 9.10. The maximum absolute atomic E-state index is 13.7. The second kappa shape index (κ2) is 6.49. The summed E-state index contributed by atoms with van der Waals surface area (Å²) in [6.07, 6.45) is 0.352. The molecule has 0 saturated carbocycles. The summed E-state index contributed by atoms with van der Waals surface area (Å²) in [6.45, 7) is 1.76. The van der Waals surface area contributed by atoms with Crippen molar-refractivity contribution in [2.75, 3.05) is 0 Å². The summed E-state index contributed by atoms with van der Waals surface area (Å²) in [7, 11) is 0. The van der Waals surface area contributed by atoms with Crippen LogP contribution in [0.25, 0.3) is 0 Å². The molecule has 112 valence electrons. The van der Waals surface area contributed by atoms with Gasteiger partial charge in [0.15, 0.2) is 11.6 Å². The Balaban J connectivity index is 2.40. The number of hydrogen-bond donors (Lipinski definition) is 1. The second-order valence-corrected chi connectivity index (χ2v) is 5.65. The number of ether oxygens (including phenoxy) is 1. The summed E-state index contributed by atoms with van der Waals surface area (Å²) in [5.74, 6) is -2.62. The Morgan fingerprint density at radius 3 is 2.52 bits per heavy atom. The molecule has 0 spiro atoms. The van der Waals surface area contributed by atoms with Crippen LogP contribution < -0.4 is 10.5 Å². The van der Waals surface area contributed by atoms with Crippen molar-refractivity contribution in [3.8, 4) is 11.5 Å². The molecule has 2 nitrogen and oxygen atoms in total. The van der Waals surface area contributed by atoms with Crippen molar-refractivity contribution in [3.63, 3.8) is 0 Å². The Hall–Kier alpha value is -1.53. The van der Waals surface area contributed by atoms with Crippen molar-refractivity contribution >= 4 is 15.9 Å². The van der Waals surface area contributed by atoms with E-state index in [-0.39, 0.29) is 17.5 Å². The zero-order valence-electron chi connectivity index (χ0n) is 11.2. The van der Waals surface area contributed by atoms with Crippen molar-refractivity contribution in [2.45, 2.75) is 19.4 Å². The smallest absolute Gasteiger partial charge is 0.201 e. The third-order valence-corrected chi connectivity index (χ3v) is 3.20. The Bertz CT molecular complexity index is 662. The normalized spacial score (nSPS) is 12.3. The lowest BCUT2D eigenvalue weighted by Gasteiger charge is -2.14. The van der Waals surface area contributed by atoms with Gasteiger partial charge in [0, 0.05) is 10.5 Å². The summed E-state index contributed by atoms with van der Waals surface area (Å²) in [5.41, 5.74) is 6.19. The van der Waals surface area contributed by atoms with Gasteiger partial charge in [-0.2, -0.15) is 4.39 Å². The van der Waals surface area contributed by atoms with Crippen LogP contribution in [0, 0.1) is 17.5 Å². The van der Waals surface area contributed by atoms with Gasteiger partial charge >= 0.3 is 0 Å². The van der Waals surface area contributed by atoms with Gasteiger partial charge in [-0.15, -0.1) is 0 Å². The Morgan fingerprint density at radius 1 is 1.14 bits per heavy atom. The van der Waals surface area contributed by atoms with Crippen molar-refractivity contribution in [2.24, 2.45) is 5.73 Å². The van der Waals surface area contributed by atoms with Gasteiger partial charge in [0.2, 0.25) is 5.82 Å². The number of benzene rings is 2. The highest BCUT2D eigenvalue weighted by Gasteiger charge is 2.15. The van der Waals surface area contributed by atoms with Gasteiger partial charge in [0.1, 0.15) is 11.6 Å². The van der Waals surface area contributed by atoms with Crippen LogP contribution in [0.5, 0.6) is 11.5 Å². The summed E-state index contributed by atoms with van der Waals surface area (Å²) in [6, 6.07) is 5.90. The van der Waals surface area contributed by atoms with Gasteiger partial charge in [0.25, 0.3) is 0 Å². The minimum absolute atomic E-state index is 0.224. The minimum atomic E-state index is -1.10. The molecule has 0 fully saturated rings. The fraction of sp³-hybridized carbons (Fsp3) is 0.200. The molecular weight excluding hydrogens is 347 g/mol. The van der Waals surface area contributed by atoms with E-state index in [0.717, 1.165) is 6.07 Å². The number of hydrogen-bond acceptors (Lipinski definition) is 2. The molecule has 0 heterocycles. The predicted molar refractivity (Wildman–Crippen MR) is 77.9 cm³/mol. The molecular formula is C15H13BrF3NO. The van der Waals surface area contributed by atoms with Crippen molar-refractivity contribution in [1.29, 1.82) is 0 Å². The first-order valence-electron chi connectivity index (χ1n) is 6.23. The van der Waals surface area contributed by atoms with E-state index in [2.05, 4.69) is 15.9 Å². The molecule has 1 unspecified atom stereocenters. The van der Waals surface area contributed by atoms with E-state index < -0.39 is 17.5 Å². The van der Waals surface area contributed by atoms with E-state index in [1.165, 1.54) is 24.3 Å². The first-order valence-corrected chi connectivity index (χ1v) is 7.02. The van der Waals surface area contributed by atoms with Crippen LogP contribution in [0.1, 0.15) is 12.5 Å². The second-order valence-electron chi connectivity index (χ2n) is 4.74. The summed E-state index contributed by atoms with van der Waals surface area (Å²) in [5, 5.41) is 0. The molecule has 1 atom stereocenters. The van der Waals surface area contributed by atoms with Crippen LogP contribution in [0.3, 0.4) is 0 Å². The Labute approximate surface area is 128 Å². The molecule has 6 heteroatoms. The van der Waals surface area contributed by atoms with E-state index in [1.807, 2.05) is 0 Å². The van der Waals surface area contributed by atoms with Crippen molar-refractivity contribution in [1.82, 2.24) is 0 Å². The number of halogens is 4. The van der Waals surface area contributed by atoms with E-state index in [4.69, 9.17) is 10.5 Å². The molecule has 0 bridgehead atoms. The molecule has 0 radical (unpaired) electrons. The summed E-state index contributed by atoms with van der Waals surface area (Å²) >= 11 is 3.06. The fourth-order valence-electron chi connectivity index (χ4n) is 1.88. The lowest BCUT2D eigenvalue weighted by molar-refractivity contribution is 0.410. The first kappa shape index (κ1) is 15.9. The zero-order valence-corrected chi connectivity index (χ0v) is 12.8. The van der Waals surface area contributed by atoms with Gasteiger partial charge in [-0.05, 0) is 49.2 Å². The fourth-order valence-corrected chi connectivity index (χ4v) is 2.29. The quantitative estimate of drug-likeness (QED) is 0.812. The molecule has 0 amide bonds. The molecule has 0 aliphatic heterocycles. The lowest BCUT2D eigenvalue weighted by Crippen LogP contribution is -2.18. The Kier molecular flexibility index (Phi) is 4.90. The summed E-state index contributed by atoms with van der Waals surface area (Å²) < 4.78 is 46.1. The van der Waals surface area contributed by atoms with Gasteiger partial charge in [0.05, 0.1) is 0 Å². The highest BCUT2D eigenvalue weighted by atomic mass is 79.9. The van der Waals surface area contributed by atoms with Gasteiger partial charge in [-0.25, -0.2) is 8.78 Å². The summed E-state index contributed by atoms with van der Waals surface area (Å²) in [4.78, 5) is 0. The van der Waals surface area contributed by atoms with E-state index in [1.54, 1.807) is 6.92 Å². The number of rotatable bonds is 4. The standard InChI is InChI=1S/C15H13BrF3NO/c1-8(20)4-9-5-11(17)2-3-13(9)21-14-7-10(16)6-12(18)15(14)19/h2-3,5-8H,4,20H2,1H3. The Morgan fingerprint density at radius 2 is 1.86 bits per heavy atom. The zero-order chi connectivity index (χ0) is 15.6. The molecule has 0 saturated heterocycles. The molecule has 0 aromatic heterocycles. The van der Waals surface area contributed by atoms with Gasteiger partial charge < -0.3 is 10.5 Å². The SMILES string of the molecule is CC(N)Cc1cc(F)ccc1Oc1cc(Br)cc(F)c1F. The maximum Gasteiger partial charge on any atom is 0.201 e. The monoisotopic (exact) mass is 359 g/mol. The number of nitrogens with two attached hydrogens (primary N) is 1.